The van der Waals surface area contributed by atoms with Gasteiger partial charge in [-0.2, -0.15) is 0 Å². The molecule has 19 heavy (non-hydrogen) atoms. The number of aromatic nitrogens is 1. The van der Waals surface area contributed by atoms with Crippen molar-refractivity contribution in [2.75, 3.05) is 24.2 Å². The molecular formula is C13H20N4O2. The van der Waals surface area contributed by atoms with E-state index < -0.39 is 4.92 Å². The summed E-state index contributed by atoms with van der Waals surface area (Å²) in [6, 6.07) is 3.10. The SMILES string of the molecule is CCC1(CNc2nc(NC)ccc2[N+](=O)[O-])CCC1. The predicted octanol–water partition coefficient (Wildman–Crippen LogP) is 3.02. The van der Waals surface area contributed by atoms with Crippen LogP contribution in [0.3, 0.4) is 0 Å². The molecule has 0 bridgehead atoms. The molecule has 0 unspecified atom stereocenters. The van der Waals surface area contributed by atoms with Gasteiger partial charge in [0.15, 0.2) is 0 Å². The van der Waals surface area contributed by atoms with Crippen LogP contribution < -0.4 is 10.6 Å². The second-order valence-corrected chi connectivity index (χ2v) is 5.13. The zero-order chi connectivity index (χ0) is 13.9. The Bertz CT molecular complexity index is 466. The summed E-state index contributed by atoms with van der Waals surface area (Å²) < 4.78 is 0. The molecule has 0 amide bonds. The lowest BCUT2D eigenvalue weighted by Crippen LogP contribution is -2.36. The zero-order valence-electron chi connectivity index (χ0n) is 11.4. The van der Waals surface area contributed by atoms with Gasteiger partial charge in [0.05, 0.1) is 4.92 Å². The fourth-order valence-corrected chi connectivity index (χ4v) is 2.47. The van der Waals surface area contributed by atoms with E-state index in [0.29, 0.717) is 17.1 Å². The summed E-state index contributed by atoms with van der Waals surface area (Å²) in [4.78, 5) is 14.9. The summed E-state index contributed by atoms with van der Waals surface area (Å²) in [5, 5.41) is 17.1. The van der Waals surface area contributed by atoms with Gasteiger partial charge in [0.1, 0.15) is 5.82 Å². The van der Waals surface area contributed by atoms with Gasteiger partial charge < -0.3 is 10.6 Å². The van der Waals surface area contributed by atoms with E-state index in [1.807, 2.05) is 0 Å². The molecule has 1 aromatic rings. The molecule has 1 aromatic heterocycles. The first-order valence-electron chi connectivity index (χ1n) is 6.67. The second-order valence-electron chi connectivity index (χ2n) is 5.13. The van der Waals surface area contributed by atoms with E-state index in [2.05, 4.69) is 22.5 Å². The molecule has 2 rings (SSSR count). The molecule has 1 fully saturated rings. The van der Waals surface area contributed by atoms with Crippen LogP contribution in [0.25, 0.3) is 0 Å². The molecule has 1 heterocycles. The highest BCUT2D eigenvalue weighted by molar-refractivity contribution is 5.60. The third-order valence-corrected chi connectivity index (χ3v) is 4.12. The van der Waals surface area contributed by atoms with Gasteiger partial charge in [-0.25, -0.2) is 4.98 Å². The second kappa shape index (κ2) is 5.42. The summed E-state index contributed by atoms with van der Waals surface area (Å²) in [7, 11) is 1.75. The molecule has 0 radical (unpaired) electrons. The van der Waals surface area contributed by atoms with E-state index in [-0.39, 0.29) is 5.69 Å². The monoisotopic (exact) mass is 264 g/mol. The van der Waals surface area contributed by atoms with Gasteiger partial charge in [-0.05, 0) is 30.7 Å². The van der Waals surface area contributed by atoms with E-state index in [4.69, 9.17) is 0 Å². The number of hydrogen-bond donors (Lipinski definition) is 2. The van der Waals surface area contributed by atoms with E-state index in [9.17, 15) is 10.1 Å². The van der Waals surface area contributed by atoms with E-state index >= 15 is 0 Å². The molecule has 6 heteroatoms. The maximum absolute atomic E-state index is 11.0. The number of hydrogen-bond acceptors (Lipinski definition) is 5. The van der Waals surface area contributed by atoms with E-state index in [1.54, 1.807) is 13.1 Å². The van der Waals surface area contributed by atoms with E-state index in [0.717, 1.165) is 13.0 Å². The van der Waals surface area contributed by atoms with Crippen LogP contribution in [0.15, 0.2) is 12.1 Å². The summed E-state index contributed by atoms with van der Waals surface area (Å²) >= 11 is 0. The fraction of sp³-hybridized carbons (Fsp3) is 0.615. The standard InChI is InChI=1S/C13H20N4O2/c1-3-13(7-4-8-13)9-15-12-10(17(18)19)5-6-11(14-2)16-12/h5-6H,3-4,7-9H2,1-2H3,(H2,14,15,16). The number of pyridine rings is 1. The summed E-state index contributed by atoms with van der Waals surface area (Å²) in [5.41, 5.74) is 0.329. The summed E-state index contributed by atoms with van der Waals surface area (Å²) in [5.74, 6) is 0.990. The quantitative estimate of drug-likeness (QED) is 0.609. The van der Waals surface area contributed by atoms with Crippen LogP contribution >= 0.6 is 0 Å². The molecular weight excluding hydrogens is 244 g/mol. The summed E-state index contributed by atoms with van der Waals surface area (Å²) in [6.45, 7) is 2.93. The Morgan fingerprint density at radius 2 is 2.21 bits per heavy atom. The first kappa shape index (κ1) is 13.6. The molecule has 1 aliphatic carbocycles. The number of nitrogens with zero attached hydrogens (tertiary/aromatic N) is 2. The van der Waals surface area contributed by atoms with Gasteiger partial charge in [0.2, 0.25) is 5.82 Å². The van der Waals surface area contributed by atoms with Crippen molar-refractivity contribution in [1.82, 2.24) is 4.98 Å². The van der Waals surface area contributed by atoms with Crippen molar-refractivity contribution >= 4 is 17.3 Å². The maximum atomic E-state index is 11.0. The van der Waals surface area contributed by atoms with Crippen molar-refractivity contribution in [2.24, 2.45) is 5.41 Å². The number of nitrogens with one attached hydrogen (secondary N) is 2. The first-order valence-corrected chi connectivity index (χ1v) is 6.67. The fourth-order valence-electron chi connectivity index (χ4n) is 2.47. The number of rotatable bonds is 6. The minimum Gasteiger partial charge on any atom is -0.373 e. The Morgan fingerprint density at radius 1 is 1.47 bits per heavy atom. The van der Waals surface area contributed by atoms with Gasteiger partial charge in [-0.3, -0.25) is 10.1 Å². The third-order valence-electron chi connectivity index (χ3n) is 4.12. The van der Waals surface area contributed by atoms with Crippen LogP contribution in [0.4, 0.5) is 17.3 Å². The van der Waals surface area contributed by atoms with E-state index in [1.165, 1.54) is 25.3 Å². The first-order chi connectivity index (χ1) is 9.10. The Morgan fingerprint density at radius 3 is 2.68 bits per heavy atom. The third kappa shape index (κ3) is 2.77. The molecule has 2 N–H and O–H groups in total. The van der Waals surface area contributed by atoms with Crippen LogP contribution in [-0.2, 0) is 0 Å². The molecule has 0 spiro atoms. The van der Waals surface area contributed by atoms with Crippen molar-refractivity contribution in [2.45, 2.75) is 32.6 Å². The van der Waals surface area contributed by atoms with Crippen LogP contribution in [0, 0.1) is 15.5 Å². The maximum Gasteiger partial charge on any atom is 0.311 e. The van der Waals surface area contributed by atoms with Gasteiger partial charge in [-0.1, -0.05) is 13.3 Å². The lowest BCUT2D eigenvalue weighted by atomic mass is 9.67. The number of nitro groups is 1. The Hall–Kier alpha value is -1.85. The van der Waals surface area contributed by atoms with Gasteiger partial charge in [0, 0.05) is 19.7 Å². The molecule has 0 atom stereocenters. The Labute approximate surface area is 112 Å². The molecule has 104 valence electrons. The van der Waals surface area contributed by atoms with Gasteiger partial charge >= 0.3 is 5.69 Å². The van der Waals surface area contributed by atoms with Gasteiger partial charge in [-0.15, -0.1) is 0 Å². The topological polar surface area (TPSA) is 80.1 Å². The smallest absolute Gasteiger partial charge is 0.311 e. The molecule has 1 saturated carbocycles. The minimum absolute atomic E-state index is 0.0320. The Balaban J connectivity index is 2.15. The predicted molar refractivity (Wildman–Crippen MR) is 75.5 cm³/mol. The molecule has 0 aliphatic heterocycles. The highest BCUT2D eigenvalue weighted by Crippen LogP contribution is 2.44. The molecule has 1 aliphatic rings. The Kier molecular flexibility index (Phi) is 3.87. The minimum atomic E-state index is -0.395. The average Bonchev–Trinajstić information content (AvgIpc) is 2.37. The highest BCUT2D eigenvalue weighted by Gasteiger charge is 2.35. The van der Waals surface area contributed by atoms with Crippen molar-refractivity contribution in [3.8, 4) is 0 Å². The van der Waals surface area contributed by atoms with Gasteiger partial charge in [0.25, 0.3) is 0 Å². The van der Waals surface area contributed by atoms with Crippen LogP contribution in [0.5, 0.6) is 0 Å². The largest absolute Gasteiger partial charge is 0.373 e. The van der Waals surface area contributed by atoms with Crippen molar-refractivity contribution in [1.29, 1.82) is 0 Å². The molecule has 0 aromatic carbocycles. The summed E-state index contributed by atoms with van der Waals surface area (Å²) in [6.07, 6.45) is 4.73. The van der Waals surface area contributed by atoms with Crippen molar-refractivity contribution in [3.05, 3.63) is 22.2 Å². The lowest BCUT2D eigenvalue weighted by Gasteiger charge is -2.41. The molecule has 0 saturated heterocycles. The normalized spacial score (nSPS) is 16.5. The average molecular weight is 264 g/mol. The van der Waals surface area contributed by atoms with Crippen LogP contribution in [0.2, 0.25) is 0 Å². The van der Waals surface area contributed by atoms with Crippen LogP contribution in [-0.4, -0.2) is 23.5 Å². The highest BCUT2D eigenvalue weighted by atomic mass is 16.6. The van der Waals surface area contributed by atoms with Crippen molar-refractivity contribution < 1.29 is 4.92 Å². The zero-order valence-corrected chi connectivity index (χ0v) is 11.4. The van der Waals surface area contributed by atoms with Crippen molar-refractivity contribution in [3.63, 3.8) is 0 Å². The number of anilines is 2. The van der Waals surface area contributed by atoms with Crippen LogP contribution in [0.1, 0.15) is 32.6 Å². The molecule has 6 nitrogen and oxygen atoms in total. The lowest BCUT2D eigenvalue weighted by molar-refractivity contribution is -0.384.